The molecule has 1 heterocycles. The molecule has 2 aromatic carbocycles. The number of carboxylic acid groups (broad SMARTS) is 1. The first kappa shape index (κ1) is 37.8. The first-order chi connectivity index (χ1) is 24.6. The molecule has 5 rings (SSSR count). The number of fused-ring (bicyclic) bond motifs is 1. The van der Waals surface area contributed by atoms with E-state index in [2.05, 4.69) is 27.8 Å². The highest BCUT2D eigenvalue weighted by atomic mass is 16.5. The van der Waals surface area contributed by atoms with Gasteiger partial charge in [-0.3, -0.25) is 19.2 Å². The van der Waals surface area contributed by atoms with E-state index in [0.717, 1.165) is 5.56 Å². The Kier molecular flexibility index (Phi) is 10.9. The Morgan fingerprint density at radius 3 is 2.23 bits per heavy atom. The lowest BCUT2D eigenvalue weighted by Gasteiger charge is -2.32. The van der Waals surface area contributed by atoms with E-state index in [9.17, 15) is 29.1 Å². The Bertz CT molecular complexity index is 1880. The quantitative estimate of drug-likeness (QED) is 0.165. The third kappa shape index (κ3) is 7.88. The fourth-order valence-electron chi connectivity index (χ4n) is 6.84. The van der Waals surface area contributed by atoms with Gasteiger partial charge in [-0.25, -0.2) is 9.78 Å². The number of aliphatic carboxylic acids is 1. The molecule has 5 N–H and O–H groups in total. The van der Waals surface area contributed by atoms with E-state index in [0.29, 0.717) is 28.1 Å². The first-order valence-electron chi connectivity index (χ1n) is 17.3. The number of likely N-dealkylation sites (N-methyl/N-ethyl adjacent to an activating group) is 1. The van der Waals surface area contributed by atoms with Crippen LogP contribution in [0.2, 0.25) is 0 Å². The Balaban J connectivity index is 1.47. The molecule has 2 fully saturated rings. The van der Waals surface area contributed by atoms with Crippen LogP contribution in [0.5, 0.6) is 11.5 Å². The average Bonchev–Trinajstić information content (AvgIpc) is 3.68. The zero-order valence-electron chi connectivity index (χ0n) is 30.3. The first-order valence-corrected chi connectivity index (χ1v) is 17.3. The normalized spacial score (nSPS) is 23.4. The molecule has 0 bridgehead atoms. The van der Waals surface area contributed by atoms with Gasteiger partial charge < -0.3 is 35.8 Å². The van der Waals surface area contributed by atoms with Gasteiger partial charge in [0.15, 0.2) is 0 Å². The number of carboxylic acids is 1. The third-order valence-electron chi connectivity index (χ3n) is 9.98. The lowest BCUT2D eigenvalue weighted by molar-refractivity contribution is -0.145. The molecular formula is C39H47N5O8. The van der Waals surface area contributed by atoms with Crippen molar-refractivity contribution >= 4 is 40.5 Å². The second-order valence-corrected chi connectivity index (χ2v) is 14.6. The SMILES string of the molecule is C=C[C@@H]1C[C@]1(NC(=O)[C@@H]1C[C@@H](Oc2cc(-c3ccccc3)nc3cc(OC)ccc23)C[C@H]1C(=O)N[C@H](C(=O)N[C@@H](C)C(=O)NC)C(C)(C)C)C(=O)O. The van der Waals surface area contributed by atoms with Gasteiger partial charge in [0.05, 0.1) is 30.2 Å². The summed E-state index contributed by atoms with van der Waals surface area (Å²) in [6.07, 6.45) is 1.24. The van der Waals surface area contributed by atoms with Crippen LogP contribution in [0.1, 0.15) is 47.0 Å². The van der Waals surface area contributed by atoms with Gasteiger partial charge in [0.2, 0.25) is 23.6 Å². The number of hydrogen-bond donors (Lipinski definition) is 5. The van der Waals surface area contributed by atoms with Crippen LogP contribution in [0.25, 0.3) is 22.2 Å². The molecule has 2 saturated carbocycles. The number of hydrogen-bond acceptors (Lipinski definition) is 8. The summed E-state index contributed by atoms with van der Waals surface area (Å²) in [4.78, 5) is 70.9. The molecule has 13 nitrogen and oxygen atoms in total. The lowest BCUT2D eigenvalue weighted by Crippen LogP contribution is -2.58. The smallest absolute Gasteiger partial charge is 0.330 e. The Labute approximate surface area is 302 Å². The highest BCUT2D eigenvalue weighted by Crippen LogP contribution is 2.46. The van der Waals surface area contributed by atoms with E-state index >= 15 is 0 Å². The number of carbonyl (C=O) groups excluding carboxylic acids is 4. The molecule has 4 amide bonds. The van der Waals surface area contributed by atoms with Crippen molar-refractivity contribution in [3.05, 3.63) is 67.3 Å². The maximum absolute atomic E-state index is 14.2. The van der Waals surface area contributed by atoms with Gasteiger partial charge in [0, 0.05) is 36.0 Å². The van der Waals surface area contributed by atoms with Gasteiger partial charge in [0.1, 0.15) is 35.2 Å². The number of rotatable bonds is 13. The van der Waals surface area contributed by atoms with Gasteiger partial charge in [-0.05, 0) is 43.7 Å². The van der Waals surface area contributed by atoms with E-state index < -0.39 is 76.5 Å². The van der Waals surface area contributed by atoms with Crippen molar-refractivity contribution in [1.82, 2.24) is 26.3 Å². The van der Waals surface area contributed by atoms with Crippen molar-refractivity contribution in [2.75, 3.05) is 14.2 Å². The molecule has 0 unspecified atom stereocenters. The van der Waals surface area contributed by atoms with E-state index in [1.54, 1.807) is 40.0 Å². The van der Waals surface area contributed by atoms with Crippen LogP contribution in [-0.2, 0) is 24.0 Å². The second kappa shape index (κ2) is 15.0. The summed E-state index contributed by atoms with van der Waals surface area (Å²) in [5.41, 5.74) is -0.161. The molecule has 7 atom stereocenters. The van der Waals surface area contributed by atoms with Crippen molar-refractivity contribution in [3.63, 3.8) is 0 Å². The Hall–Kier alpha value is -5.46. The maximum atomic E-state index is 14.2. The molecule has 52 heavy (non-hydrogen) atoms. The van der Waals surface area contributed by atoms with Crippen molar-refractivity contribution in [2.24, 2.45) is 23.2 Å². The van der Waals surface area contributed by atoms with Gasteiger partial charge >= 0.3 is 5.97 Å². The molecule has 0 saturated heterocycles. The minimum absolute atomic E-state index is 0.0963. The van der Waals surface area contributed by atoms with Gasteiger partial charge in [-0.1, -0.05) is 57.2 Å². The van der Waals surface area contributed by atoms with E-state index in [1.165, 1.54) is 20.0 Å². The molecule has 3 aromatic rings. The standard InChI is InChI=1S/C39H47N5O8/c1-8-23-20-39(23,37(49)50)44-35(47)28-17-25(16-27(28)34(46)43-32(38(3,4)5)36(48)41-21(2)33(45)40-6)52-31-19-29(22-12-10-9-11-13-22)42-30-18-24(51-7)14-15-26(30)31/h8-15,18-19,21,23,25,27-28,32H,1,16-17,20H2,2-7H3,(H,40,45)(H,41,48)(H,43,46)(H,44,47)(H,49,50)/t21-,23+,25-,27+,28+,32+,39+/m0/s1. The van der Waals surface area contributed by atoms with Crippen LogP contribution in [0, 0.1) is 23.2 Å². The Morgan fingerprint density at radius 2 is 1.65 bits per heavy atom. The number of benzene rings is 2. The maximum Gasteiger partial charge on any atom is 0.330 e. The number of methoxy groups -OCH3 is 1. The fourth-order valence-corrected chi connectivity index (χ4v) is 6.84. The summed E-state index contributed by atoms with van der Waals surface area (Å²) in [5, 5.41) is 21.4. The summed E-state index contributed by atoms with van der Waals surface area (Å²) in [6, 6.07) is 14.9. The zero-order chi connectivity index (χ0) is 38.0. The predicted octanol–water partition coefficient (Wildman–Crippen LogP) is 3.61. The van der Waals surface area contributed by atoms with Crippen molar-refractivity contribution in [1.29, 1.82) is 0 Å². The number of nitrogens with zero attached hydrogens (tertiary/aromatic N) is 1. The van der Waals surface area contributed by atoms with Crippen LogP contribution in [-0.4, -0.2) is 77.6 Å². The Morgan fingerprint density at radius 1 is 0.981 bits per heavy atom. The summed E-state index contributed by atoms with van der Waals surface area (Å²) in [6.45, 7) is 10.6. The fraction of sp³-hybridized carbons (Fsp3) is 0.436. The molecule has 276 valence electrons. The number of pyridine rings is 1. The number of ether oxygens (including phenoxy) is 2. The van der Waals surface area contributed by atoms with Crippen molar-refractivity contribution < 1.29 is 38.6 Å². The molecule has 1 aromatic heterocycles. The van der Waals surface area contributed by atoms with Crippen molar-refractivity contribution in [3.8, 4) is 22.8 Å². The monoisotopic (exact) mass is 713 g/mol. The predicted molar refractivity (Wildman–Crippen MR) is 194 cm³/mol. The highest BCUT2D eigenvalue weighted by Gasteiger charge is 2.61. The summed E-state index contributed by atoms with van der Waals surface area (Å²) in [5.74, 6) is -4.63. The molecule has 0 aliphatic heterocycles. The van der Waals surface area contributed by atoms with E-state index in [4.69, 9.17) is 14.5 Å². The molecule has 13 heteroatoms. The second-order valence-electron chi connectivity index (χ2n) is 14.6. The van der Waals surface area contributed by atoms with Crippen LogP contribution in [0.15, 0.2) is 67.3 Å². The van der Waals surface area contributed by atoms with Crippen LogP contribution in [0.3, 0.4) is 0 Å². The number of nitrogens with one attached hydrogen (secondary N) is 4. The summed E-state index contributed by atoms with van der Waals surface area (Å²) >= 11 is 0. The molecule has 2 aliphatic rings. The van der Waals surface area contributed by atoms with Crippen LogP contribution < -0.4 is 30.7 Å². The number of carbonyl (C=O) groups is 5. The van der Waals surface area contributed by atoms with Gasteiger partial charge in [0.25, 0.3) is 0 Å². The minimum Gasteiger partial charge on any atom is -0.497 e. The van der Waals surface area contributed by atoms with Gasteiger partial charge in [-0.2, -0.15) is 0 Å². The lowest BCUT2D eigenvalue weighted by atomic mass is 9.84. The topological polar surface area (TPSA) is 185 Å². The van der Waals surface area contributed by atoms with E-state index in [-0.39, 0.29) is 19.3 Å². The molecule has 0 radical (unpaired) electrons. The average molecular weight is 714 g/mol. The molecule has 0 spiro atoms. The minimum atomic E-state index is -1.51. The zero-order valence-corrected chi connectivity index (χ0v) is 30.3. The largest absolute Gasteiger partial charge is 0.497 e. The summed E-state index contributed by atoms with van der Waals surface area (Å²) < 4.78 is 12.1. The highest BCUT2D eigenvalue weighted by molar-refractivity contribution is 5.96. The van der Waals surface area contributed by atoms with Crippen LogP contribution in [0.4, 0.5) is 0 Å². The summed E-state index contributed by atoms with van der Waals surface area (Å²) in [7, 11) is 3.03. The van der Waals surface area contributed by atoms with Gasteiger partial charge in [-0.15, -0.1) is 6.58 Å². The van der Waals surface area contributed by atoms with E-state index in [1.807, 2.05) is 42.5 Å². The number of aromatic nitrogens is 1. The van der Waals surface area contributed by atoms with Crippen molar-refractivity contribution in [2.45, 2.75) is 70.7 Å². The third-order valence-corrected chi connectivity index (χ3v) is 9.98. The molecule has 2 aliphatic carbocycles. The molecular weight excluding hydrogens is 666 g/mol. The van der Waals surface area contributed by atoms with Crippen LogP contribution >= 0.6 is 0 Å². The number of amides is 4.